The number of carbonyl (C=O) groups excluding carboxylic acids is 2. The number of thioether (sulfide) groups is 1. The molecule has 0 atom stereocenters. The molecule has 1 saturated heterocycles. The molecule has 2 fully saturated rings. The topological polar surface area (TPSA) is 97.5 Å². The van der Waals surface area contributed by atoms with Crippen molar-refractivity contribution in [2.75, 3.05) is 6.54 Å². The molecule has 0 radical (unpaired) electrons. The fourth-order valence-electron chi connectivity index (χ4n) is 2.98. The number of sulfonamides is 1. The van der Waals surface area contributed by atoms with Crippen LogP contribution in [0.3, 0.4) is 0 Å². The molecule has 1 saturated carbocycles. The van der Waals surface area contributed by atoms with E-state index in [1.165, 1.54) is 12.1 Å². The number of benzene rings is 1. The van der Waals surface area contributed by atoms with Gasteiger partial charge in [-0.25, -0.2) is 22.3 Å². The number of carbonyl (C=O) groups is 2. The van der Waals surface area contributed by atoms with Crippen molar-refractivity contribution < 1.29 is 26.8 Å². The molecule has 0 unspecified atom stereocenters. The number of halogens is 2. The second-order valence-electron chi connectivity index (χ2n) is 6.59. The first-order valence-corrected chi connectivity index (χ1v) is 10.9. The Hall–Kier alpha value is -2.04. The zero-order valence-corrected chi connectivity index (χ0v) is 16.4. The first-order chi connectivity index (χ1) is 13.1. The summed E-state index contributed by atoms with van der Waals surface area (Å²) < 4.78 is 49.0. The molecule has 1 heterocycles. The van der Waals surface area contributed by atoms with Crippen molar-refractivity contribution in [3.8, 4) is 0 Å². The van der Waals surface area contributed by atoms with Gasteiger partial charge in [-0.3, -0.25) is 14.5 Å². The zero-order valence-electron chi connectivity index (χ0n) is 14.7. The summed E-state index contributed by atoms with van der Waals surface area (Å²) in [6, 6.07) is 5.82. The number of nitrogens with two attached hydrogens (primary N) is 1. The molecule has 1 aromatic rings. The van der Waals surface area contributed by atoms with E-state index < -0.39 is 27.1 Å². The molecule has 150 valence electrons. The minimum Gasteiger partial charge on any atom is -0.268 e. The van der Waals surface area contributed by atoms with Crippen LogP contribution in [0, 0.1) is 0 Å². The molecule has 0 spiro atoms. The zero-order chi connectivity index (χ0) is 20.5. The van der Waals surface area contributed by atoms with Crippen molar-refractivity contribution >= 4 is 39.0 Å². The highest BCUT2D eigenvalue weighted by molar-refractivity contribution is 8.18. The number of alkyl halides is 2. The Bertz CT molecular complexity index is 958. The van der Waals surface area contributed by atoms with Crippen LogP contribution in [-0.4, -0.2) is 36.9 Å². The van der Waals surface area contributed by atoms with E-state index in [0.717, 1.165) is 16.7 Å². The second kappa shape index (κ2) is 7.76. The van der Waals surface area contributed by atoms with E-state index in [-0.39, 0.29) is 42.0 Å². The summed E-state index contributed by atoms with van der Waals surface area (Å²) in [6.45, 7) is 0.0363. The fraction of sp³-hybridized carbons (Fsp3) is 0.333. The molecule has 3 rings (SSSR count). The Balaban J connectivity index is 1.66. The molecule has 0 aromatic heterocycles. The molecule has 1 aliphatic carbocycles. The number of hydrogen-bond donors (Lipinski definition) is 1. The van der Waals surface area contributed by atoms with Crippen molar-refractivity contribution in [1.82, 2.24) is 4.90 Å². The summed E-state index contributed by atoms with van der Waals surface area (Å²) in [7, 11) is -3.77. The first kappa shape index (κ1) is 20.7. The van der Waals surface area contributed by atoms with E-state index in [1.807, 2.05) is 0 Å². The predicted molar refractivity (Wildman–Crippen MR) is 102 cm³/mol. The number of primary sulfonamides is 1. The third kappa shape index (κ3) is 4.68. The first-order valence-electron chi connectivity index (χ1n) is 8.50. The summed E-state index contributed by atoms with van der Waals surface area (Å²) in [4.78, 5) is 26.0. The van der Waals surface area contributed by atoms with Gasteiger partial charge in [0.1, 0.15) is 0 Å². The van der Waals surface area contributed by atoms with Gasteiger partial charge >= 0.3 is 0 Å². The summed E-state index contributed by atoms with van der Waals surface area (Å²) >= 11 is 0.797. The van der Waals surface area contributed by atoms with Crippen LogP contribution >= 0.6 is 11.8 Å². The maximum Gasteiger partial charge on any atom is 0.293 e. The van der Waals surface area contributed by atoms with Crippen LogP contribution in [0.5, 0.6) is 0 Å². The van der Waals surface area contributed by atoms with Gasteiger partial charge in [0.15, 0.2) is 0 Å². The lowest BCUT2D eigenvalue weighted by molar-refractivity contribution is -0.122. The average Bonchev–Trinajstić information content (AvgIpc) is 2.89. The van der Waals surface area contributed by atoms with Gasteiger partial charge in [-0.05, 0) is 42.3 Å². The molecular formula is C18H18F2N2O4S2. The molecule has 2 amide bonds. The Kier molecular flexibility index (Phi) is 5.74. The van der Waals surface area contributed by atoms with E-state index in [4.69, 9.17) is 5.14 Å². The van der Waals surface area contributed by atoms with Gasteiger partial charge in [0.05, 0.1) is 9.80 Å². The van der Waals surface area contributed by atoms with Gasteiger partial charge < -0.3 is 0 Å². The average molecular weight is 428 g/mol. The van der Waals surface area contributed by atoms with Gasteiger partial charge in [0.25, 0.3) is 11.1 Å². The van der Waals surface area contributed by atoms with Crippen molar-refractivity contribution in [2.45, 2.75) is 36.5 Å². The van der Waals surface area contributed by atoms with E-state index in [9.17, 15) is 26.8 Å². The number of imide groups is 1. The van der Waals surface area contributed by atoms with E-state index in [0.29, 0.717) is 11.1 Å². The largest absolute Gasteiger partial charge is 0.293 e. The van der Waals surface area contributed by atoms with Gasteiger partial charge in [0, 0.05) is 19.4 Å². The Morgan fingerprint density at radius 1 is 1.14 bits per heavy atom. The molecule has 6 nitrogen and oxygen atoms in total. The Morgan fingerprint density at radius 3 is 2.32 bits per heavy atom. The number of nitrogens with zero attached hydrogens (tertiary/aromatic N) is 1. The molecule has 1 aromatic carbocycles. The van der Waals surface area contributed by atoms with Crippen molar-refractivity contribution in [2.24, 2.45) is 5.14 Å². The quantitative estimate of drug-likeness (QED) is 0.740. The molecular weight excluding hydrogens is 410 g/mol. The van der Waals surface area contributed by atoms with Crippen LogP contribution in [-0.2, 0) is 14.8 Å². The molecule has 10 heteroatoms. The molecule has 1 aliphatic heterocycles. The maximum atomic E-state index is 13.3. The predicted octanol–water partition coefficient (Wildman–Crippen LogP) is 3.51. The number of rotatable bonds is 4. The Morgan fingerprint density at radius 2 is 1.75 bits per heavy atom. The summed E-state index contributed by atoms with van der Waals surface area (Å²) in [5.74, 6) is -3.16. The second-order valence-corrected chi connectivity index (χ2v) is 9.11. The number of amides is 2. The lowest BCUT2D eigenvalue weighted by Crippen LogP contribution is -2.29. The van der Waals surface area contributed by atoms with Crippen LogP contribution in [0.1, 0.15) is 31.2 Å². The van der Waals surface area contributed by atoms with Crippen molar-refractivity contribution in [3.05, 3.63) is 46.4 Å². The van der Waals surface area contributed by atoms with Crippen molar-refractivity contribution in [1.29, 1.82) is 0 Å². The molecule has 0 bridgehead atoms. The van der Waals surface area contributed by atoms with Crippen LogP contribution < -0.4 is 5.14 Å². The van der Waals surface area contributed by atoms with Crippen LogP contribution in [0.25, 0.3) is 6.08 Å². The van der Waals surface area contributed by atoms with E-state index in [2.05, 4.69) is 0 Å². The summed E-state index contributed by atoms with van der Waals surface area (Å²) in [5, 5.41) is 4.60. The minimum absolute atomic E-state index is 0.0136. The van der Waals surface area contributed by atoms with Crippen LogP contribution in [0.2, 0.25) is 0 Å². The highest BCUT2D eigenvalue weighted by atomic mass is 32.2. The number of allylic oxidation sites excluding steroid dienone is 1. The smallest absolute Gasteiger partial charge is 0.268 e. The Labute approximate surface area is 165 Å². The highest BCUT2D eigenvalue weighted by Crippen LogP contribution is 2.42. The monoisotopic (exact) mass is 428 g/mol. The third-order valence-electron chi connectivity index (χ3n) is 4.56. The van der Waals surface area contributed by atoms with Crippen molar-refractivity contribution in [3.63, 3.8) is 0 Å². The molecule has 28 heavy (non-hydrogen) atoms. The third-order valence-corrected chi connectivity index (χ3v) is 6.55. The summed E-state index contributed by atoms with van der Waals surface area (Å²) in [6.07, 6.45) is 2.88. The van der Waals surface area contributed by atoms with Crippen LogP contribution in [0.15, 0.2) is 45.7 Å². The minimum atomic E-state index is -3.77. The van der Waals surface area contributed by atoms with Crippen LogP contribution in [0.4, 0.5) is 13.6 Å². The van der Waals surface area contributed by atoms with E-state index in [1.54, 1.807) is 24.3 Å². The fourth-order valence-corrected chi connectivity index (χ4v) is 4.48. The maximum absolute atomic E-state index is 13.3. The van der Waals surface area contributed by atoms with Gasteiger partial charge in [-0.15, -0.1) is 0 Å². The molecule has 2 aliphatic rings. The summed E-state index contributed by atoms with van der Waals surface area (Å²) in [5.41, 5.74) is 1.30. The van der Waals surface area contributed by atoms with Gasteiger partial charge in [-0.2, -0.15) is 0 Å². The highest BCUT2D eigenvalue weighted by Gasteiger charge is 2.40. The lowest BCUT2D eigenvalue weighted by atomic mass is 9.91. The number of hydrogen-bond acceptors (Lipinski definition) is 5. The molecule has 2 N–H and O–H groups in total. The van der Waals surface area contributed by atoms with Gasteiger partial charge in [-0.1, -0.05) is 29.9 Å². The normalized spacial score (nSPS) is 20.5. The van der Waals surface area contributed by atoms with E-state index >= 15 is 0 Å². The standard InChI is InChI=1S/C18H18F2N2O4S2/c19-18(20)9-7-13(8-10-18)15-16(23)22(17(24)27-15)11-1-2-12-3-5-14(6-4-12)28(21,25)26/h1-6H,7-11H2,(H2,21,25,26)/b2-1+. The van der Waals surface area contributed by atoms with Gasteiger partial charge in [0.2, 0.25) is 15.9 Å². The lowest BCUT2D eigenvalue weighted by Gasteiger charge is -2.24. The SMILES string of the molecule is NS(=O)(=O)c1ccc(/C=C/CN2C(=O)SC(=C3CCC(F)(F)CC3)C2=O)cc1.